The Morgan fingerprint density at radius 2 is 1.03 bits per heavy atom. The molecule has 390 valence electrons. The standard InChI is InChI=1S/C26H35OP.C21H15BBrN3.C21H14BN3/c1-20-12-11-18-24(27-2)26(20)23-17-9-10-19-25(23)28(21-13-5-3-6-14-21)22-15-7-4-8-16-22;23-19-11-5-2-8-16(19)15-7-1-4-10-18(15)22-25-20-12-6-3-9-17(20)21-24-13-14-26(21)22;1-4-10-18-15(7-1)16-8-2-5-11-19(16)25-20-12-6-3-9-17(20)21-23-13-14-24(21)22(18)25/h9-12,17-19,21-22H,3-8,13-16H2,1-2H3;1-14,25H;1-14H. The molecule has 2 saturated carbocycles. The molecule has 0 atom stereocenters. The molecule has 5 aliphatic rings. The van der Waals surface area contributed by atoms with Crippen LogP contribution in [0.2, 0.25) is 0 Å². The molecule has 3 aliphatic heterocycles. The van der Waals surface area contributed by atoms with E-state index < -0.39 is 0 Å². The fourth-order valence-corrected chi connectivity index (χ4v) is 17.8. The fraction of sp³-hybridized carbons (Fsp3) is 0.206. The van der Waals surface area contributed by atoms with Crippen molar-refractivity contribution in [1.82, 2.24) is 18.9 Å². The van der Waals surface area contributed by atoms with Gasteiger partial charge in [-0.1, -0.05) is 208 Å². The van der Waals surface area contributed by atoms with Gasteiger partial charge < -0.3 is 23.7 Å². The number of aromatic nitrogens is 4. The summed E-state index contributed by atoms with van der Waals surface area (Å²) in [5, 5.41) is 5.35. The topological polar surface area (TPSA) is 60.1 Å². The molecular weight excluding hydrogens is 1050 g/mol. The number of imidazole rings is 2. The number of ether oxygens (including phenoxy) is 1. The van der Waals surface area contributed by atoms with Gasteiger partial charge in [-0.2, -0.15) is 0 Å². The number of fused-ring (bicyclic) bond motifs is 14. The second kappa shape index (κ2) is 22.8. The van der Waals surface area contributed by atoms with E-state index in [4.69, 9.17) is 4.74 Å². The van der Waals surface area contributed by atoms with Crippen molar-refractivity contribution in [1.29, 1.82) is 0 Å². The maximum absolute atomic E-state index is 5.81. The first kappa shape index (κ1) is 51.1. The van der Waals surface area contributed by atoms with Gasteiger partial charge in [0.25, 0.3) is 0 Å². The number of para-hydroxylation sites is 3. The first-order chi connectivity index (χ1) is 39.1. The first-order valence-corrected chi connectivity index (χ1v) is 30.7. The molecule has 0 unspecified atom stereocenters. The molecule has 2 aromatic heterocycles. The summed E-state index contributed by atoms with van der Waals surface area (Å²) in [6, 6.07) is 67.0. The van der Waals surface area contributed by atoms with E-state index in [0.29, 0.717) is 0 Å². The van der Waals surface area contributed by atoms with Crippen LogP contribution in [-0.4, -0.2) is 51.3 Å². The van der Waals surface area contributed by atoms with Crippen LogP contribution < -0.4 is 31.0 Å². The van der Waals surface area contributed by atoms with E-state index in [2.05, 4.69) is 240 Å². The van der Waals surface area contributed by atoms with Gasteiger partial charge >= 0.3 is 14.0 Å². The average Bonchev–Trinajstić information content (AvgIpc) is 4.43. The molecule has 0 radical (unpaired) electrons. The Bertz CT molecular complexity index is 3770. The van der Waals surface area contributed by atoms with Crippen LogP contribution in [0.25, 0.3) is 56.2 Å². The van der Waals surface area contributed by atoms with Crippen molar-refractivity contribution in [3.05, 3.63) is 223 Å². The van der Waals surface area contributed by atoms with E-state index in [9.17, 15) is 0 Å². The van der Waals surface area contributed by atoms with Crippen molar-refractivity contribution in [3.8, 4) is 61.9 Å². The van der Waals surface area contributed by atoms with Gasteiger partial charge in [-0.25, -0.2) is 9.97 Å². The van der Waals surface area contributed by atoms with Crippen molar-refractivity contribution in [2.24, 2.45) is 0 Å². The monoisotopic (exact) mass is 1110 g/mol. The minimum absolute atomic E-state index is 0.00861. The molecule has 2 fully saturated rings. The maximum Gasteiger partial charge on any atom is 0.422 e. The predicted octanol–water partition coefficient (Wildman–Crippen LogP) is 16.0. The molecule has 7 nitrogen and oxygen atoms in total. The number of hydrogen-bond donors (Lipinski definition) is 1. The molecule has 0 spiro atoms. The van der Waals surface area contributed by atoms with Crippen LogP contribution in [0.15, 0.2) is 217 Å². The maximum atomic E-state index is 5.81. The molecule has 15 rings (SSSR count). The van der Waals surface area contributed by atoms with Crippen molar-refractivity contribution < 1.29 is 4.74 Å². The summed E-state index contributed by atoms with van der Waals surface area (Å²) in [7, 11) is 1.69. The Morgan fingerprint density at radius 1 is 0.506 bits per heavy atom. The zero-order chi connectivity index (χ0) is 53.2. The second-order valence-corrected chi connectivity index (χ2v) is 25.1. The smallest absolute Gasteiger partial charge is 0.422 e. The number of rotatable bonds is 7. The molecule has 0 bridgehead atoms. The number of benzene rings is 8. The summed E-state index contributed by atoms with van der Waals surface area (Å²) in [6.07, 6.45) is 22.3. The van der Waals surface area contributed by atoms with Gasteiger partial charge in [-0.05, 0) is 130 Å². The van der Waals surface area contributed by atoms with E-state index in [-0.39, 0.29) is 21.9 Å². The first-order valence-electron chi connectivity index (χ1n) is 28.4. The van der Waals surface area contributed by atoms with E-state index in [1.165, 1.54) is 131 Å². The van der Waals surface area contributed by atoms with Gasteiger partial charge in [0.2, 0.25) is 0 Å². The van der Waals surface area contributed by atoms with E-state index >= 15 is 0 Å². The molecule has 0 saturated heterocycles. The Balaban J connectivity index is 0.000000112. The van der Waals surface area contributed by atoms with Gasteiger partial charge in [0, 0.05) is 68.6 Å². The summed E-state index contributed by atoms with van der Waals surface area (Å²) in [4.78, 5) is 11.7. The summed E-state index contributed by atoms with van der Waals surface area (Å²) in [6.45, 7) is 2.32. The molecule has 2 aliphatic carbocycles. The van der Waals surface area contributed by atoms with Crippen LogP contribution in [0.1, 0.15) is 69.8 Å². The Kier molecular flexibility index (Phi) is 14.7. The average molecular weight is 1110 g/mol. The number of methoxy groups -OCH3 is 1. The number of anilines is 3. The van der Waals surface area contributed by atoms with Crippen LogP contribution in [0.4, 0.5) is 17.1 Å². The van der Waals surface area contributed by atoms with Gasteiger partial charge in [0.15, 0.2) is 0 Å². The number of nitrogens with zero attached hydrogens (tertiary/aromatic N) is 5. The second-order valence-electron chi connectivity index (χ2n) is 21.5. The molecule has 11 heteroatoms. The van der Waals surface area contributed by atoms with Gasteiger partial charge in [0.1, 0.15) is 17.4 Å². The largest absolute Gasteiger partial charge is 0.496 e. The normalized spacial score (nSPS) is 15.1. The van der Waals surface area contributed by atoms with E-state index in [1.807, 2.05) is 31.8 Å². The number of aryl methyl sites for hydroxylation is 1. The minimum atomic E-state index is -0.122. The highest BCUT2D eigenvalue weighted by molar-refractivity contribution is 9.10. The molecule has 10 aromatic rings. The molecular formula is C68H64B2BrN6OP. The lowest BCUT2D eigenvalue weighted by molar-refractivity contribution is 0.416. The Morgan fingerprint density at radius 3 is 1.71 bits per heavy atom. The summed E-state index contributed by atoms with van der Waals surface area (Å²) in [5.74, 6) is 3.05. The highest BCUT2D eigenvalue weighted by Gasteiger charge is 2.43. The third-order valence-electron chi connectivity index (χ3n) is 16.9. The third-order valence-corrected chi connectivity index (χ3v) is 21.2. The lowest BCUT2D eigenvalue weighted by atomic mass is 9.58. The van der Waals surface area contributed by atoms with Crippen molar-refractivity contribution in [2.75, 3.05) is 17.1 Å². The summed E-state index contributed by atoms with van der Waals surface area (Å²) >= 11 is 3.70. The van der Waals surface area contributed by atoms with Crippen molar-refractivity contribution >= 4 is 71.1 Å². The molecule has 0 amide bonds. The Labute approximate surface area is 476 Å². The van der Waals surface area contributed by atoms with E-state index in [0.717, 1.165) is 44.4 Å². The number of nitrogens with one attached hydrogen (secondary N) is 1. The lowest BCUT2D eigenvalue weighted by Crippen LogP contribution is -2.56. The molecule has 5 heterocycles. The van der Waals surface area contributed by atoms with Crippen molar-refractivity contribution in [2.45, 2.75) is 82.4 Å². The predicted molar refractivity (Wildman–Crippen MR) is 338 cm³/mol. The fourth-order valence-electron chi connectivity index (χ4n) is 13.4. The molecule has 1 N–H and O–H groups in total. The number of hydrogen-bond acceptors (Lipinski definition) is 5. The zero-order valence-electron chi connectivity index (χ0n) is 45.1. The highest BCUT2D eigenvalue weighted by atomic mass is 79.9. The SMILES string of the molecule is Brc1ccccc1-c1ccccc1B1Nc2ccccc2-c2nccn21.COc1cccc(C)c1-c1ccccc1P(C1CCCCC1)C1CCCCC1.c1ccc2c(c1)B1N(c3ccccc3-2)c2ccccc2-c2nccn21. The molecule has 79 heavy (non-hydrogen) atoms. The zero-order valence-corrected chi connectivity index (χ0v) is 47.5. The van der Waals surface area contributed by atoms with Crippen LogP contribution >= 0.6 is 23.9 Å². The lowest BCUT2D eigenvalue weighted by Gasteiger charge is -2.42. The summed E-state index contributed by atoms with van der Waals surface area (Å²) in [5.41, 5.74) is 19.3. The van der Waals surface area contributed by atoms with Crippen LogP contribution in [0, 0.1) is 6.92 Å². The number of halogens is 1. The van der Waals surface area contributed by atoms with Gasteiger partial charge in [0.05, 0.1) is 7.11 Å². The summed E-state index contributed by atoms with van der Waals surface area (Å²) < 4.78 is 11.4. The quantitative estimate of drug-likeness (QED) is 0.127. The van der Waals surface area contributed by atoms with Crippen LogP contribution in [0.5, 0.6) is 5.75 Å². The molecule has 8 aromatic carbocycles. The van der Waals surface area contributed by atoms with Gasteiger partial charge in [-0.3, -0.25) is 0 Å². The minimum Gasteiger partial charge on any atom is -0.496 e. The van der Waals surface area contributed by atoms with Gasteiger partial charge in [-0.15, -0.1) is 0 Å². The Hall–Kier alpha value is -7.38. The van der Waals surface area contributed by atoms with Crippen molar-refractivity contribution in [3.63, 3.8) is 0 Å². The highest BCUT2D eigenvalue weighted by Crippen LogP contribution is 2.57. The van der Waals surface area contributed by atoms with E-state index in [1.54, 1.807) is 5.30 Å². The van der Waals surface area contributed by atoms with Crippen LogP contribution in [-0.2, 0) is 0 Å². The third kappa shape index (κ3) is 9.65. The van der Waals surface area contributed by atoms with Crippen LogP contribution in [0.3, 0.4) is 0 Å².